The molecule has 0 radical (unpaired) electrons. The van der Waals surface area contributed by atoms with E-state index in [0.717, 1.165) is 43.6 Å². The van der Waals surface area contributed by atoms with E-state index in [-0.39, 0.29) is 18.1 Å². The molecule has 0 unspecified atom stereocenters. The number of pyridine rings is 3. The van der Waals surface area contributed by atoms with Crippen LogP contribution < -0.4 is 20.9 Å². The van der Waals surface area contributed by atoms with Crippen molar-refractivity contribution in [2.45, 2.75) is 32.0 Å². The fourth-order valence-corrected chi connectivity index (χ4v) is 4.45. The first-order valence-corrected chi connectivity index (χ1v) is 11.5. The first-order chi connectivity index (χ1) is 16.0. The van der Waals surface area contributed by atoms with Crippen molar-refractivity contribution in [2.24, 2.45) is 0 Å². The fraction of sp³-hybridized carbons (Fsp3) is 0.391. The molecule has 172 valence electrons. The number of likely N-dealkylation sites (tertiary alicyclic amines) is 1. The van der Waals surface area contributed by atoms with Crippen LogP contribution in [0.2, 0.25) is 5.15 Å². The van der Waals surface area contributed by atoms with Gasteiger partial charge in [0.2, 0.25) is 0 Å². The summed E-state index contributed by atoms with van der Waals surface area (Å²) < 4.78 is 7.06. The number of piperidine rings is 1. The summed E-state index contributed by atoms with van der Waals surface area (Å²) in [6, 6.07) is 11.1. The third kappa shape index (κ3) is 5.00. The van der Waals surface area contributed by atoms with Crippen LogP contribution in [-0.2, 0) is 17.9 Å². The predicted octanol–water partition coefficient (Wildman–Crippen LogP) is 2.03. The van der Waals surface area contributed by atoms with E-state index in [0.29, 0.717) is 41.5 Å². The van der Waals surface area contributed by atoms with Crippen LogP contribution >= 0.6 is 11.6 Å². The Morgan fingerprint density at radius 2 is 1.88 bits per heavy atom. The average Bonchev–Trinajstić information content (AvgIpc) is 2.82. The first kappa shape index (κ1) is 21.8. The van der Waals surface area contributed by atoms with Crippen molar-refractivity contribution in [3.05, 3.63) is 57.6 Å². The van der Waals surface area contributed by atoms with E-state index < -0.39 is 0 Å². The van der Waals surface area contributed by atoms with Gasteiger partial charge in [0.1, 0.15) is 10.8 Å². The quantitative estimate of drug-likeness (QED) is 0.534. The van der Waals surface area contributed by atoms with Gasteiger partial charge in [-0.05, 0) is 56.3 Å². The molecule has 0 aliphatic carbocycles. The maximum absolute atomic E-state index is 12.4. The smallest absolute Gasteiger partial charge is 0.263 e. The van der Waals surface area contributed by atoms with Crippen LogP contribution in [0.1, 0.15) is 18.5 Å². The summed E-state index contributed by atoms with van der Waals surface area (Å²) in [5, 5.41) is 7.60. The molecule has 0 saturated carbocycles. The lowest BCUT2D eigenvalue weighted by atomic mass is 10.0. The number of hydrogen-bond acceptors (Lipinski definition) is 7. The number of fused-ring (bicyclic) bond motifs is 2. The standard InChI is InChI=1S/C23H25ClN6O3/c24-19-5-1-15-2-6-21(32)30(23(15)27-19)12-11-29-9-7-16(8-10-29)25-13-17-3-4-18-22(26-17)28-20(31)14-33-18/h1-6,16,25H,7-14H2,(H,26,28,31). The van der Waals surface area contributed by atoms with Gasteiger partial charge < -0.3 is 20.3 Å². The molecule has 33 heavy (non-hydrogen) atoms. The second-order valence-electron chi connectivity index (χ2n) is 8.35. The minimum Gasteiger partial charge on any atom is -0.480 e. The molecule has 0 aromatic carbocycles. The zero-order chi connectivity index (χ0) is 22.8. The number of hydrogen-bond donors (Lipinski definition) is 2. The van der Waals surface area contributed by atoms with Crippen LogP contribution in [0.15, 0.2) is 41.2 Å². The maximum atomic E-state index is 12.4. The molecule has 1 saturated heterocycles. The van der Waals surface area contributed by atoms with Gasteiger partial charge in [-0.25, -0.2) is 9.97 Å². The minimum absolute atomic E-state index is 0.0320. The number of anilines is 1. The molecule has 2 N–H and O–H groups in total. The van der Waals surface area contributed by atoms with Crippen LogP contribution in [0.3, 0.4) is 0 Å². The van der Waals surface area contributed by atoms with E-state index in [2.05, 4.69) is 25.5 Å². The third-order valence-electron chi connectivity index (χ3n) is 6.13. The van der Waals surface area contributed by atoms with Crippen LogP contribution in [-0.4, -0.2) is 57.6 Å². The summed E-state index contributed by atoms with van der Waals surface area (Å²) in [6.45, 7) is 3.93. The highest BCUT2D eigenvalue weighted by Crippen LogP contribution is 2.25. The summed E-state index contributed by atoms with van der Waals surface area (Å²) >= 11 is 6.05. The van der Waals surface area contributed by atoms with E-state index in [1.165, 1.54) is 0 Å². The largest absolute Gasteiger partial charge is 0.480 e. The number of ether oxygens (including phenoxy) is 1. The second kappa shape index (κ2) is 9.46. The normalized spacial score (nSPS) is 16.9. The molecule has 3 aromatic heterocycles. The fourth-order valence-electron chi connectivity index (χ4n) is 4.31. The van der Waals surface area contributed by atoms with Crippen molar-refractivity contribution < 1.29 is 9.53 Å². The first-order valence-electron chi connectivity index (χ1n) is 11.1. The number of carbonyl (C=O) groups excluding carboxylic acids is 1. The van der Waals surface area contributed by atoms with Crippen molar-refractivity contribution >= 4 is 34.4 Å². The molecule has 1 fully saturated rings. The maximum Gasteiger partial charge on any atom is 0.263 e. The number of amides is 1. The highest BCUT2D eigenvalue weighted by Gasteiger charge is 2.21. The van der Waals surface area contributed by atoms with E-state index >= 15 is 0 Å². The van der Waals surface area contributed by atoms with Gasteiger partial charge in [-0.1, -0.05) is 11.6 Å². The number of carbonyl (C=O) groups is 1. The van der Waals surface area contributed by atoms with E-state index in [1.54, 1.807) is 22.8 Å². The van der Waals surface area contributed by atoms with Gasteiger partial charge >= 0.3 is 0 Å². The summed E-state index contributed by atoms with van der Waals surface area (Å²) in [7, 11) is 0. The molecule has 0 bridgehead atoms. The summed E-state index contributed by atoms with van der Waals surface area (Å²) in [4.78, 5) is 35.1. The SMILES string of the molecule is O=C1COc2ccc(CNC3CCN(CCn4c(=O)ccc5ccc(Cl)nc54)CC3)nc2N1. The number of halogens is 1. The van der Waals surface area contributed by atoms with Gasteiger partial charge in [0.05, 0.1) is 5.69 Å². The number of nitrogens with zero attached hydrogens (tertiary/aromatic N) is 4. The zero-order valence-electron chi connectivity index (χ0n) is 18.1. The van der Waals surface area contributed by atoms with Crippen molar-refractivity contribution in [1.82, 2.24) is 24.8 Å². The van der Waals surface area contributed by atoms with Gasteiger partial charge in [-0.3, -0.25) is 14.2 Å². The topological polar surface area (TPSA) is 101 Å². The Morgan fingerprint density at radius 3 is 2.73 bits per heavy atom. The summed E-state index contributed by atoms with van der Waals surface area (Å²) in [5.41, 5.74) is 1.43. The Hall–Kier alpha value is -3.01. The van der Waals surface area contributed by atoms with E-state index in [1.807, 2.05) is 18.2 Å². The molecule has 2 aliphatic rings. The Bertz CT molecular complexity index is 1240. The van der Waals surface area contributed by atoms with Crippen molar-refractivity contribution in [3.8, 4) is 5.75 Å². The second-order valence-corrected chi connectivity index (χ2v) is 8.74. The van der Waals surface area contributed by atoms with Crippen molar-refractivity contribution in [1.29, 1.82) is 0 Å². The molecule has 3 aromatic rings. The number of nitrogens with one attached hydrogen (secondary N) is 2. The number of aromatic nitrogens is 3. The highest BCUT2D eigenvalue weighted by molar-refractivity contribution is 6.29. The molecule has 0 atom stereocenters. The molecule has 1 amide bonds. The molecule has 0 spiro atoms. The molecule has 10 heteroatoms. The molecular weight excluding hydrogens is 444 g/mol. The van der Waals surface area contributed by atoms with E-state index in [4.69, 9.17) is 16.3 Å². The zero-order valence-corrected chi connectivity index (χ0v) is 18.8. The molecule has 9 nitrogen and oxygen atoms in total. The van der Waals surface area contributed by atoms with Gasteiger partial charge in [0.15, 0.2) is 18.2 Å². The van der Waals surface area contributed by atoms with Gasteiger partial charge in [0, 0.05) is 37.1 Å². The Balaban J connectivity index is 1.13. The van der Waals surface area contributed by atoms with Crippen LogP contribution in [0.4, 0.5) is 5.82 Å². The lowest BCUT2D eigenvalue weighted by Gasteiger charge is -2.32. The Kier molecular flexibility index (Phi) is 6.26. The monoisotopic (exact) mass is 468 g/mol. The van der Waals surface area contributed by atoms with E-state index in [9.17, 15) is 9.59 Å². The van der Waals surface area contributed by atoms with Crippen molar-refractivity contribution in [3.63, 3.8) is 0 Å². The lowest BCUT2D eigenvalue weighted by Crippen LogP contribution is -2.43. The average molecular weight is 469 g/mol. The lowest BCUT2D eigenvalue weighted by molar-refractivity contribution is -0.118. The Morgan fingerprint density at radius 1 is 1.06 bits per heavy atom. The molecule has 5 heterocycles. The van der Waals surface area contributed by atoms with Crippen LogP contribution in [0.5, 0.6) is 5.75 Å². The van der Waals surface area contributed by atoms with Gasteiger partial charge in [-0.2, -0.15) is 0 Å². The summed E-state index contributed by atoms with van der Waals surface area (Å²) in [5.74, 6) is 0.909. The predicted molar refractivity (Wildman–Crippen MR) is 126 cm³/mol. The van der Waals surface area contributed by atoms with Crippen LogP contribution in [0.25, 0.3) is 11.0 Å². The Labute approximate surface area is 195 Å². The minimum atomic E-state index is -0.183. The third-order valence-corrected chi connectivity index (χ3v) is 6.34. The highest BCUT2D eigenvalue weighted by atomic mass is 35.5. The number of rotatable bonds is 6. The molecular formula is C23H25ClN6O3. The van der Waals surface area contributed by atoms with Crippen molar-refractivity contribution in [2.75, 3.05) is 31.6 Å². The summed E-state index contributed by atoms with van der Waals surface area (Å²) in [6.07, 6.45) is 2.03. The van der Waals surface area contributed by atoms with Crippen LogP contribution in [0, 0.1) is 0 Å². The molecule has 5 rings (SSSR count). The van der Waals surface area contributed by atoms with Gasteiger partial charge in [-0.15, -0.1) is 0 Å². The molecule has 2 aliphatic heterocycles. The van der Waals surface area contributed by atoms with Gasteiger partial charge in [0.25, 0.3) is 11.5 Å².